The molecule has 2 aliphatic heterocycles. The standard InChI is InChI=1S/C18H25NO6/c1-6-23-15(20)11(2)24-16(21)13-9-7-12-8-10-14(13)19(12)17(22)25-18(3,4)5/h8-12,14H,6-7H2,1-5H3/t11-,12+,14+/m0/s1. The second-order valence-corrected chi connectivity index (χ2v) is 6.98. The van der Waals surface area contributed by atoms with Crippen LogP contribution in [-0.2, 0) is 23.8 Å². The topological polar surface area (TPSA) is 82.1 Å². The van der Waals surface area contributed by atoms with Gasteiger partial charge in [0.15, 0.2) is 6.10 Å². The highest BCUT2D eigenvalue weighted by atomic mass is 16.6. The average molecular weight is 351 g/mol. The molecule has 0 radical (unpaired) electrons. The molecule has 2 rings (SSSR count). The molecule has 0 aliphatic carbocycles. The van der Waals surface area contributed by atoms with Crippen molar-refractivity contribution in [1.29, 1.82) is 0 Å². The summed E-state index contributed by atoms with van der Waals surface area (Å²) >= 11 is 0. The monoisotopic (exact) mass is 351 g/mol. The van der Waals surface area contributed by atoms with Crippen molar-refractivity contribution in [2.45, 2.75) is 64.8 Å². The molecule has 0 unspecified atom stereocenters. The highest BCUT2D eigenvalue weighted by Gasteiger charge is 2.42. The van der Waals surface area contributed by atoms with E-state index < -0.39 is 35.8 Å². The predicted molar refractivity (Wildman–Crippen MR) is 89.7 cm³/mol. The van der Waals surface area contributed by atoms with Crippen molar-refractivity contribution in [1.82, 2.24) is 4.90 Å². The van der Waals surface area contributed by atoms with Gasteiger partial charge in [-0.1, -0.05) is 18.2 Å². The second kappa shape index (κ2) is 7.29. The number of carbonyl (C=O) groups excluding carboxylic acids is 3. The zero-order valence-corrected chi connectivity index (χ0v) is 15.3. The number of esters is 2. The van der Waals surface area contributed by atoms with Gasteiger partial charge in [0.05, 0.1) is 24.3 Å². The van der Waals surface area contributed by atoms with E-state index in [0.717, 1.165) is 0 Å². The second-order valence-electron chi connectivity index (χ2n) is 6.98. The van der Waals surface area contributed by atoms with E-state index in [0.29, 0.717) is 12.0 Å². The van der Waals surface area contributed by atoms with Gasteiger partial charge in [-0.15, -0.1) is 0 Å². The van der Waals surface area contributed by atoms with Crippen LogP contribution in [0.1, 0.15) is 41.0 Å². The minimum atomic E-state index is -1.01. The molecule has 7 nitrogen and oxygen atoms in total. The Labute approximate surface area is 147 Å². The molecule has 1 amide bonds. The van der Waals surface area contributed by atoms with Crippen LogP contribution >= 0.6 is 0 Å². The van der Waals surface area contributed by atoms with Crippen molar-refractivity contribution in [3.05, 3.63) is 23.8 Å². The molecule has 0 aromatic rings. The third kappa shape index (κ3) is 4.41. The van der Waals surface area contributed by atoms with Crippen LogP contribution in [0.4, 0.5) is 4.79 Å². The number of hydrogen-bond donors (Lipinski definition) is 0. The fourth-order valence-corrected chi connectivity index (χ4v) is 2.74. The average Bonchev–Trinajstić information content (AvgIpc) is 2.79. The first-order chi connectivity index (χ1) is 11.6. The molecule has 7 heteroatoms. The van der Waals surface area contributed by atoms with Gasteiger partial charge < -0.3 is 14.2 Å². The van der Waals surface area contributed by atoms with Crippen molar-refractivity contribution in [3.63, 3.8) is 0 Å². The third-order valence-corrected chi connectivity index (χ3v) is 3.81. The van der Waals surface area contributed by atoms with Gasteiger partial charge in [0.25, 0.3) is 0 Å². The summed E-state index contributed by atoms with van der Waals surface area (Å²) in [5.41, 5.74) is -0.302. The summed E-state index contributed by atoms with van der Waals surface area (Å²) < 4.78 is 15.5. The molecule has 25 heavy (non-hydrogen) atoms. The van der Waals surface area contributed by atoms with Crippen molar-refractivity contribution in [2.75, 3.05) is 6.61 Å². The van der Waals surface area contributed by atoms with E-state index in [4.69, 9.17) is 14.2 Å². The highest BCUT2D eigenvalue weighted by molar-refractivity contribution is 5.93. The lowest BCUT2D eigenvalue weighted by molar-refractivity contribution is -0.164. The third-order valence-electron chi connectivity index (χ3n) is 3.81. The minimum Gasteiger partial charge on any atom is -0.463 e. The molecule has 3 atom stereocenters. The number of ether oxygens (including phenoxy) is 3. The normalized spacial score (nSPS) is 22.9. The smallest absolute Gasteiger partial charge is 0.411 e. The fraction of sp³-hybridized carbons (Fsp3) is 0.611. The molecule has 0 saturated carbocycles. The Morgan fingerprint density at radius 3 is 2.56 bits per heavy atom. The van der Waals surface area contributed by atoms with Crippen molar-refractivity contribution >= 4 is 18.0 Å². The summed E-state index contributed by atoms with van der Waals surface area (Å²) in [6, 6.07) is -0.686. The van der Waals surface area contributed by atoms with E-state index in [1.54, 1.807) is 39.8 Å². The Kier molecular flexibility index (Phi) is 5.55. The molecule has 2 heterocycles. The minimum absolute atomic E-state index is 0.140. The van der Waals surface area contributed by atoms with Gasteiger partial charge in [-0.3, -0.25) is 4.90 Å². The number of carbonyl (C=O) groups is 3. The molecule has 2 aliphatic rings. The summed E-state index contributed by atoms with van der Waals surface area (Å²) in [5, 5.41) is 0. The van der Waals surface area contributed by atoms with E-state index >= 15 is 0 Å². The molecule has 0 fully saturated rings. The Morgan fingerprint density at radius 1 is 1.28 bits per heavy atom. The molecule has 138 valence electrons. The summed E-state index contributed by atoms with van der Waals surface area (Å²) in [7, 11) is 0. The summed E-state index contributed by atoms with van der Waals surface area (Å²) in [6.07, 6.45) is 4.40. The highest BCUT2D eigenvalue weighted by Crippen LogP contribution is 2.32. The van der Waals surface area contributed by atoms with Gasteiger partial charge >= 0.3 is 18.0 Å². The molecule has 0 aromatic carbocycles. The lowest BCUT2D eigenvalue weighted by Crippen LogP contribution is -2.48. The van der Waals surface area contributed by atoms with Gasteiger partial charge in [-0.05, 0) is 41.0 Å². The molecule has 0 saturated heterocycles. The van der Waals surface area contributed by atoms with Crippen molar-refractivity contribution in [2.24, 2.45) is 0 Å². The van der Waals surface area contributed by atoms with Crippen LogP contribution in [-0.4, -0.2) is 53.3 Å². The first-order valence-electron chi connectivity index (χ1n) is 8.41. The maximum Gasteiger partial charge on any atom is 0.411 e. The molecule has 2 bridgehead atoms. The SMILES string of the molecule is CCOC(=O)[C@H](C)OC(=O)C1=CC[C@@H]2C=C[C@H]1N2C(=O)OC(C)(C)C. The number of hydrogen-bond acceptors (Lipinski definition) is 6. The Bertz CT molecular complexity index is 616. The Hall–Kier alpha value is -2.31. The first kappa shape index (κ1) is 19.0. The maximum absolute atomic E-state index is 12.5. The zero-order valence-electron chi connectivity index (χ0n) is 15.3. The van der Waals surface area contributed by atoms with Gasteiger partial charge in [-0.25, -0.2) is 14.4 Å². The van der Waals surface area contributed by atoms with E-state index in [1.165, 1.54) is 11.8 Å². The van der Waals surface area contributed by atoms with Gasteiger partial charge in [0.1, 0.15) is 5.60 Å². The van der Waals surface area contributed by atoms with Gasteiger partial charge in [0, 0.05) is 0 Å². The van der Waals surface area contributed by atoms with E-state index in [2.05, 4.69) is 0 Å². The lowest BCUT2D eigenvalue weighted by Gasteiger charge is -2.35. The van der Waals surface area contributed by atoms with E-state index in [1.807, 2.05) is 6.08 Å². The van der Waals surface area contributed by atoms with Crippen LogP contribution in [0.15, 0.2) is 23.8 Å². The van der Waals surface area contributed by atoms with E-state index in [-0.39, 0.29) is 12.6 Å². The zero-order chi connectivity index (χ0) is 18.8. The molecular formula is C18H25NO6. The Balaban J connectivity index is 2.08. The number of fused-ring (bicyclic) bond motifs is 2. The predicted octanol–water partition coefficient (Wildman–Crippen LogP) is 2.36. The molecule has 0 aromatic heterocycles. The van der Waals surface area contributed by atoms with Gasteiger partial charge in [0.2, 0.25) is 0 Å². The number of rotatable bonds is 4. The first-order valence-corrected chi connectivity index (χ1v) is 8.41. The maximum atomic E-state index is 12.5. The van der Waals surface area contributed by atoms with Crippen LogP contribution in [0.2, 0.25) is 0 Å². The number of nitrogens with zero attached hydrogens (tertiary/aromatic N) is 1. The summed E-state index contributed by atoms with van der Waals surface area (Å²) in [4.78, 5) is 38.1. The Morgan fingerprint density at radius 2 is 1.96 bits per heavy atom. The molecular weight excluding hydrogens is 326 g/mol. The van der Waals surface area contributed by atoms with Crippen molar-refractivity contribution < 1.29 is 28.6 Å². The number of amides is 1. The van der Waals surface area contributed by atoms with Gasteiger partial charge in [-0.2, -0.15) is 0 Å². The quantitative estimate of drug-likeness (QED) is 0.439. The van der Waals surface area contributed by atoms with Crippen molar-refractivity contribution in [3.8, 4) is 0 Å². The largest absolute Gasteiger partial charge is 0.463 e. The van der Waals surface area contributed by atoms with Crippen LogP contribution in [0.25, 0.3) is 0 Å². The van der Waals surface area contributed by atoms with E-state index in [9.17, 15) is 14.4 Å². The van der Waals surface area contributed by atoms with Crippen LogP contribution < -0.4 is 0 Å². The summed E-state index contributed by atoms with van der Waals surface area (Å²) in [5.74, 6) is -1.24. The van der Waals surface area contributed by atoms with Crippen LogP contribution in [0.5, 0.6) is 0 Å². The fourth-order valence-electron chi connectivity index (χ4n) is 2.74. The molecule has 0 spiro atoms. The lowest BCUT2D eigenvalue weighted by atomic mass is 10.0. The van der Waals surface area contributed by atoms with Crippen LogP contribution in [0.3, 0.4) is 0 Å². The molecule has 0 N–H and O–H groups in total. The summed E-state index contributed by atoms with van der Waals surface area (Å²) in [6.45, 7) is 8.71. The van der Waals surface area contributed by atoms with Crippen LogP contribution in [0, 0.1) is 0 Å².